The van der Waals surface area contributed by atoms with E-state index in [2.05, 4.69) is 12.2 Å². The fourth-order valence-corrected chi connectivity index (χ4v) is 2.91. The summed E-state index contributed by atoms with van der Waals surface area (Å²) in [5.74, 6) is -1.74. The molecule has 5 heteroatoms. The molecule has 1 aliphatic carbocycles. The Morgan fingerprint density at radius 3 is 2.75 bits per heavy atom. The highest BCUT2D eigenvalue weighted by atomic mass is 19.1. The van der Waals surface area contributed by atoms with Crippen LogP contribution in [0, 0.1) is 17.6 Å². The first-order valence-electron chi connectivity index (χ1n) is 7.08. The highest BCUT2D eigenvalue weighted by Crippen LogP contribution is 2.27. The topological polar surface area (TPSA) is 55.1 Å². The van der Waals surface area contributed by atoms with E-state index in [0.29, 0.717) is 5.92 Å². The number of nitrogens with two attached hydrogens (primary N) is 1. The van der Waals surface area contributed by atoms with Gasteiger partial charge in [-0.3, -0.25) is 4.79 Å². The molecule has 20 heavy (non-hydrogen) atoms. The van der Waals surface area contributed by atoms with Crippen molar-refractivity contribution in [2.24, 2.45) is 5.92 Å². The predicted molar refractivity (Wildman–Crippen MR) is 74.3 cm³/mol. The normalized spacial score (nSPS) is 22.6. The Labute approximate surface area is 117 Å². The number of nitrogens with one attached hydrogen (secondary N) is 1. The lowest BCUT2D eigenvalue weighted by Crippen LogP contribution is -2.42. The van der Waals surface area contributed by atoms with Gasteiger partial charge < -0.3 is 11.1 Å². The summed E-state index contributed by atoms with van der Waals surface area (Å²) in [7, 11) is 0. The molecule has 3 nitrogen and oxygen atoms in total. The summed E-state index contributed by atoms with van der Waals surface area (Å²) >= 11 is 0. The molecular weight excluding hydrogens is 262 g/mol. The molecule has 0 heterocycles. The van der Waals surface area contributed by atoms with E-state index in [0.717, 1.165) is 44.2 Å². The molecule has 0 bridgehead atoms. The lowest BCUT2D eigenvalue weighted by molar-refractivity contribution is 0.0900. The van der Waals surface area contributed by atoms with Crippen molar-refractivity contribution in [1.29, 1.82) is 0 Å². The lowest BCUT2D eigenvalue weighted by Gasteiger charge is -2.31. The van der Waals surface area contributed by atoms with Gasteiger partial charge in [0.1, 0.15) is 5.82 Å². The minimum absolute atomic E-state index is 0.0325. The average molecular weight is 282 g/mol. The number of hydrogen-bond donors (Lipinski definition) is 2. The van der Waals surface area contributed by atoms with Crippen LogP contribution in [0.15, 0.2) is 12.1 Å². The predicted octanol–water partition coefficient (Wildman–Crippen LogP) is 3.25. The van der Waals surface area contributed by atoms with E-state index in [-0.39, 0.29) is 17.3 Å². The van der Waals surface area contributed by atoms with Crippen LogP contribution in [-0.4, -0.2) is 11.9 Å². The zero-order valence-corrected chi connectivity index (χ0v) is 11.6. The number of anilines is 1. The number of nitrogen functional groups attached to an aromatic ring is 1. The Balaban J connectivity index is 2.15. The van der Waals surface area contributed by atoms with E-state index < -0.39 is 17.5 Å². The smallest absolute Gasteiger partial charge is 0.254 e. The van der Waals surface area contributed by atoms with Crippen LogP contribution >= 0.6 is 0 Å². The highest BCUT2D eigenvalue weighted by molar-refractivity contribution is 5.95. The Kier molecular flexibility index (Phi) is 4.57. The van der Waals surface area contributed by atoms with Gasteiger partial charge in [-0.1, -0.05) is 26.2 Å². The van der Waals surface area contributed by atoms with Crippen LogP contribution in [0.2, 0.25) is 0 Å². The highest BCUT2D eigenvalue weighted by Gasteiger charge is 2.26. The van der Waals surface area contributed by atoms with E-state index in [9.17, 15) is 13.6 Å². The zero-order chi connectivity index (χ0) is 14.7. The van der Waals surface area contributed by atoms with Crippen LogP contribution in [0.5, 0.6) is 0 Å². The number of rotatable bonds is 3. The van der Waals surface area contributed by atoms with E-state index in [1.807, 2.05) is 0 Å². The molecule has 1 fully saturated rings. The number of hydrogen-bond acceptors (Lipinski definition) is 2. The summed E-state index contributed by atoms with van der Waals surface area (Å²) in [6.45, 7) is 2.08. The molecule has 3 N–H and O–H groups in total. The van der Waals surface area contributed by atoms with Crippen molar-refractivity contribution >= 4 is 11.6 Å². The van der Waals surface area contributed by atoms with Gasteiger partial charge in [0.25, 0.3) is 5.91 Å². The molecule has 1 saturated carbocycles. The van der Waals surface area contributed by atoms with Gasteiger partial charge in [-0.2, -0.15) is 0 Å². The molecule has 1 aromatic carbocycles. The molecule has 0 radical (unpaired) electrons. The van der Waals surface area contributed by atoms with Crippen LogP contribution < -0.4 is 11.1 Å². The molecule has 2 atom stereocenters. The van der Waals surface area contributed by atoms with E-state index in [4.69, 9.17) is 5.73 Å². The molecule has 1 aromatic rings. The van der Waals surface area contributed by atoms with Crippen molar-refractivity contribution in [1.82, 2.24) is 5.32 Å². The van der Waals surface area contributed by atoms with Gasteiger partial charge in [-0.25, -0.2) is 8.78 Å². The first-order chi connectivity index (χ1) is 9.52. The van der Waals surface area contributed by atoms with E-state index in [1.165, 1.54) is 0 Å². The van der Waals surface area contributed by atoms with Crippen LogP contribution in [0.3, 0.4) is 0 Å². The summed E-state index contributed by atoms with van der Waals surface area (Å²) < 4.78 is 27.1. The van der Waals surface area contributed by atoms with Gasteiger partial charge in [0, 0.05) is 6.04 Å². The van der Waals surface area contributed by atoms with Crippen molar-refractivity contribution in [3.05, 3.63) is 29.3 Å². The Bertz CT molecular complexity index is 505. The fraction of sp³-hybridized carbons (Fsp3) is 0.533. The summed E-state index contributed by atoms with van der Waals surface area (Å²) in [6.07, 6.45) is 5.13. The first-order valence-corrected chi connectivity index (χ1v) is 7.08. The second-order valence-electron chi connectivity index (χ2n) is 5.39. The fourth-order valence-electron chi connectivity index (χ4n) is 2.91. The van der Waals surface area contributed by atoms with E-state index >= 15 is 0 Å². The third kappa shape index (κ3) is 3.08. The molecule has 1 amide bonds. The molecule has 0 aliphatic heterocycles. The monoisotopic (exact) mass is 282 g/mol. The number of carbonyl (C=O) groups excluding carboxylic acids is 1. The maximum absolute atomic E-state index is 13.8. The zero-order valence-electron chi connectivity index (χ0n) is 11.6. The van der Waals surface area contributed by atoms with Crippen LogP contribution in [0.4, 0.5) is 14.5 Å². The molecule has 0 saturated heterocycles. The van der Waals surface area contributed by atoms with Crippen molar-refractivity contribution in [2.75, 3.05) is 5.73 Å². The third-order valence-electron chi connectivity index (χ3n) is 4.06. The number of carbonyl (C=O) groups is 1. The summed E-state index contributed by atoms with van der Waals surface area (Å²) in [6, 6.07) is 1.80. The van der Waals surface area contributed by atoms with Gasteiger partial charge >= 0.3 is 0 Å². The van der Waals surface area contributed by atoms with Crippen molar-refractivity contribution < 1.29 is 13.6 Å². The summed E-state index contributed by atoms with van der Waals surface area (Å²) in [5, 5.41) is 2.83. The Morgan fingerprint density at radius 1 is 1.35 bits per heavy atom. The van der Waals surface area contributed by atoms with Crippen molar-refractivity contribution in [3.8, 4) is 0 Å². The molecule has 110 valence electrons. The largest absolute Gasteiger partial charge is 0.396 e. The van der Waals surface area contributed by atoms with Crippen molar-refractivity contribution in [2.45, 2.75) is 45.1 Å². The number of halogens is 2. The Hall–Kier alpha value is -1.65. The standard InChI is InChI=1S/C15H20F2N2O/c1-2-9-5-3-4-6-13(9)19-15(20)11-7-10(16)8-12(18)14(11)17/h7-9,13H,2-6,18H2,1H3,(H,19,20). The SMILES string of the molecule is CCC1CCCCC1NC(=O)c1cc(F)cc(N)c1F. The molecule has 1 aliphatic rings. The molecule has 2 rings (SSSR count). The minimum atomic E-state index is -0.854. The minimum Gasteiger partial charge on any atom is -0.396 e. The Morgan fingerprint density at radius 2 is 2.05 bits per heavy atom. The third-order valence-corrected chi connectivity index (χ3v) is 4.06. The van der Waals surface area contributed by atoms with Crippen LogP contribution in [-0.2, 0) is 0 Å². The van der Waals surface area contributed by atoms with Gasteiger partial charge in [0.2, 0.25) is 0 Å². The molecule has 2 unspecified atom stereocenters. The number of amides is 1. The molecular formula is C15H20F2N2O. The molecule has 0 aromatic heterocycles. The average Bonchev–Trinajstić information content (AvgIpc) is 2.43. The lowest BCUT2D eigenvalue weighted by atomic mass is 9.83. The maximum atomic E-state index is 13.8. The van der Waals surface area contributed by atoms with Crippen LogP contribution in [0.1, 0.15) is 49.4 Å². The number of benzene rings is 1. The van der Waals surface area contributed by atoms with Gasteiger partial charge in [0.15, 0.2) is 5.82 Å². The van der Waals surface area contributed by atoms with Gasteiger partial charge in [-0.05, 0) is 30.9 Å². The van der Waals surface area contributed by atoms with Crippen LogP contribution in [0.25, 0.3) is 0 Å². The summed E-state index contributed by atoms with van der Waals surface area (Å²) in [4.78, 5) is 12.1. The van der Waals surface area contributed by atoms with Gasteiger partial charge in [0.05, 0.1) is 11.3 Å². The second kappa shape index (κ2) is 6.20. The summed E-state index contributed by atoms with van der Waals surface area (Å²) in [5.41, 5.74) is 4.69. The molecule has 0 spiro atoms. The maximum Gasteiger partial charge on any atom is 0.254 e. The van der Waals surface area contributed by atoms with Gasteiger partial charge in [-0.15, -0.1) is 0 Å². The first kappa shape index (κ1) is 14.8. The van der Waals surface area contributed by atoms with Crippen molar-refractivity contribution in [3.63, 3.8) is 0 Å². The quantitative estimate of drug-likeness (QED) is 0.836. The van der Waals surface area contributed by atoms with E-state index in [1.54, 1.807) is 0 Å². The second-order valence-corrected chi connectivity index (χ2v) is 5.39.